The molecule has 6 heteroatoms. The molecule has 0 unspecified atom stereocenters. The van der Waals surface area contributed by atoms with Crippen LogP contribution in [0.5, 0.6) is 0 Å². The highest BCUT2D eigenvalue weighted by Crippen LogP contribution is 2.49. The van der Waals surface area contributed by atoms with Gasteiger partial charge in [0.05, 0.1) is 0 Å². The fraction of sp³-hybridized carbons (Fsp3) is 0.533. The summed E-state index contributed by atoms with van der Waals surface area (Å²) >= 11 is 0. The molecule has 2 aliphatic rings. The Hall–Kier alpha value is -1.95. The van der Waals surface area contributed by atoms with E-state index in [1.54, 1.807) is 12.5 Å². The Labute approximate surface area is 124 Å². The molecule has 4 rings (SSSR count). The predicted octanol–water partition coefficient (Wildman–Crippen LogP) is 1.67. The summed E-state index contributed by atoms with van der Waals surface area (Å²) < 4.78 is 0. The summed E-state index contributed by atoms with van der Waals surface area (Å²) in [6, 6.07) is 4.56. The lowest BCUT2D eigenvalue weighted by molar-refractivity contribution is 0.119. The molecule has 2 N–H and O–H groups in total. The molecule has 0 atom stereocenters. The lowest BCUT2D eigenvalue weighted by Gasteiger charge is -2.45. The Morgan fingerprint density at radius 1 is 1.33 bits per heavy atom. The van der Waals surface area contributed by atoms with E-state index in [9.17, 15) is 0 Å². The fourth-order valence-corrected chi connectivity index (χ4v) is 3.78. The Morgan fingerprint density at radius 3 is 3.05 bits per heavy atom. The summed E-state index contributed by atoms with van der Waals surface area (Å²) in [6.07, 6.45) is 9.01. The first-order chi connectivity index (χ1) is 10.3. The van der Waals surface area contributed by atoms with Crippen LogP contribution in [0.2, 0.25) is 0 Å². The third-order valence-corrected chi connectivity index (χ3v) is 4.76. The predicted molar refractivity (Wildman–Crippen MR) is 79.6 cm³/mol. The van der Waals surface area contributed by atoms with Gasteiger partial charge in [-0.05, 0) is 43.4 Å². The van der Waals surface area contributed by atoms with Gasteiger partial charge in [0.25, 0.3) is 0 Å². The molecule has 0 bridgehead atoms. The Bertz CT molecular complexity index is 575. The monoisotopic (exact) mass is 284 g/mol. The average Bonchev–Trinajstić information content (AvgIpc) is 3.10. The molecule has 1 saturated heterocycles. The Kier molecular flexibility index (Phi) is 3.11. The number of rotatable bonds is 4. The number of anilines is 1. The minimum absolute atomic E-state index is 0.519. The van der Waals surface area contributed by atoms with E-state index < -0.39 is 0 Å². The molecule has 6 nitrogen and oxygen atoms in total. The highest BCUT2D eigenvalue weighted by Gasteiger charge is 2.48. The van der Waals surface area contributed by atoms with Crippen LogP contribution in [-0.4, -0.2) is 44.2 Å². The first-order valence-corrected chi connectivity index (χ1v) is 7.55. The summed E-state index contributed by atoms with van der Waals surface area (Å²) in [4.78, 5) is 10.7. The quantitative estimate of drug-likeness (QED) is 0.893. The van der Waals surface area contributed by atoms with Crippen LogP contribution in [0.25, 0.3) is 0 Å². The number of nitrogens with zero attached hydrogens (tertiary/aromatic N) is 4. The number of aromatic nitrogens is 4. The van der Waals surface area contributed by atoms with Crippen LogP contribution >= 0.6 is 0 Å². The molecule has 1 aliphatic carbocycles. The normalized spacial score (nSPS) is 28.7. The molecule has 3 heterocycles. The summed E-state index contributed by atoms with van der Waals surface area (Å²) in [5.74, 6) is 0.942. The molecule has 2 aromatic rings. The minimum atomic E-state index is 0.519. The topological polar surface area (TPSA) is 69.7 Å². The van der Waals surface area contributed by atoms with Gasteiger partial charge in [0.15, 0.2) is 0 Å². The standard InChI is InChI=1S/C15H20N6/c1-5-18-20-12(1)9-21-6-3-15(10-21)7-13(8-15)19-14-2-4-16-11-17-14/h1-2,4-5,11,13H,3,6-10H2,(H,18,20)(H,16,17,19). The second-order valence-corrected chi connectivity index (χ2v) is 6.39. The van der Waals surface area contributed by atoms with Gasteiger partial charge in [-0.1, -0.05) is 0 Å². The molecule has 0 amide bonds. The number of likely N-dealkylation sites (tertiary alicyclic amines) is 1. The van der Waals surface area contributed by atoms with Crippen molar-refractivity contribution in [1.29, 1.82) is 0 Å². The van der Waals surface area contributed by atoms with Crippen LogP contribution in [0.15, 0.2) is 30.9 Å². The van der Waals surface area contributed by atoms with Gasteiger partial charge < -0.3 is 5.32 Å². The number of nitrogens with one attached hydrogen (secondary N) is 2. The van der Waals surface area contributed by atoms with Crippen molar-refractivity contribution in [3.05, 3.63) is 36.5 Å². The van der Waals surface area contributed by atoms with Gasteiger partial charge in [-0.3, -0.25) is 10.00 Å². The number of H-pyrrole nitrogens is 1. The van der Waals surface area contributed by atoms with Crippen LogP contribution in [-0.2, 0) is 6.54 Å². The van der Waals surface area contributed by atoms with Crippen molar-refractivity contribution in [1.82, 2.24) is 25.1 Å². The molecular weight excluding hydrogens is 264 g/mol. The van der Waals surface area contributed by atoms with Crippen molar-refractivity contribution in [3.63, 3.8) is 0 Å². The molecule has 21 heavy (non-hydrogen) atoms. The van der Waals surface area contributed by atoms with Crippen LogP contribution in [0.4, 0.5) is 5.82 Å². The van der Waals surface area contributed by atoms with Crippen molar-refractivity contribution in [2.45, 2.75) is 31.8 Å². The molecule has 2 fully saturated rings. The zero-order valence-electron chi connectivity index (χ0n) is 12.0. The second-order valence-electron chi connectivity index (χ2n) is 6.39. The fourth-order valence-electron chi connectivity index (χ4n) is 3.78. The summed E-state index contributed by atoms with van der Waals surface area (Å²) in [7, 11) is 0. The van der Waals surface area contributed by atoms with E-state index in [4.69, 9.17) is 0 Å². The zero-order chi connectivity index (χ0) is 14.1. The maximum Gasteiger partial charge on any atom is 0.129 e. The number of hydrogen-bond acceptors (Lipinski definition) is 5. The van der Waals surface area contributed by atoms with Gasteiger partial charge in [0.2, 0.25) is 0 Å². The number of hydrogen-bond donors (Lipinski definition) is 2. The largest absolute Gasteiger partial charge is 0.367 e. The molecule has 1 saturated carbocycles. The highest BCUT2D eigenvalue weighted by atomic mass is 15.2. The molecule has 2 aromatic heterocycles. The Balaban J connectivity index is 1.29. The maximum atomic E-state index is 4.24. The smallest absolute Gasteiger partial charge is 0.129 e. The van der Waals surface area contributed by atoms with Gasteiger partial charge in [0.1, 0.15) is 12.1 Å². The van der Waals surface area contributed by atoms with Crippen molar-refractivity contribution >= 4 is 5.82 Å². The van der Waals surface area contributed by atoms with Crippen LogP contribution in [0.1, 0.15) is 25.0 Å². The van der Waals surface area contributed by atoms with Crippen LogP contribution < -0.4 is 5.32 Å². The average molecular weight is 284 g/mol. The van der Waals surface area contributed by atoms with E-state index in [1.807, 2.05) is 12.3 Å². The van der Waals surface area contributed by atoms with E-state index in [0.29, 0.717) is 11.5 Å². The first-order valence-electron chi connectivity index (χ1n) is 7.55. The van der Waals surface area contributed by atoms with Gasteiger partial charge in [-0.2, -0.15) is 5.10 Å². The van der Waals surface area contributed by atoms with Crippen LogP contribution in [0.3, 0.4) is 0 Å². The molecule has 1 spiro atoms. The summed E-state index contributed by atoms with van der Waals surface area (Å²) in [6.45, 7) is 3.39. The van der Waals surface area contributed by atoms with Gasteiger partial charge >= 0.3 is 0 Å². The zero-order valence-corrected chi connectivity index (χ0v) is 12.0. The third kappa shape index (κ3) is 2.63. The van der Waals surface area contributed by atoms with E-state index in [2.05, 4.69) is 36.4 Å². The lowest BCUT2D eigenvalue weighted by atomic mass is 9.65. The highest BCUT2D eigenvalue weighted by molar-refractivity contribution is 5.34. The minimum Gasteiger partial charge on any atom is -0.367 e. The SMILES string of the molecule is c1cc(NC2CC3(CCN(Cc4ccn[nH]4)C3)C2)ncn1. The molecule has 1 aliphatic heterocycles. The Morgan fingerprint density at radius 2 is 2.29 bits per heavy atom. The van der Waals surface area contributed by atoms with Gasteiger partial charge in [-0.15, -0.1) is 0 Å². The summed E-state index contributed by atoms with van der Waals surface area (Å²) in [5, 5.41) is 10.6. The van der Waals surface area contributed by atoms with Crippen molar-refractivity contribution in [3.8, 4) is 0 Å². The van der Waals surface area contributed by atoms with Crippen LogP contribution in [0, 0.1) is 5.41 Å². The van der Waals surface area contributed by atoms with Gasteiger partial charge in [0, 0.05) is 37.2 Å². The third-order valence-electron chi connectivity index (χ3n) is 4.76. The van der Waals surface area contributed by atoms with Gasteiger partial charge in [-0.25, -0.2) is 9.97 Å². The second kappa shape index (κ2) is 5.11. The maximum absolute atomic E-state index is 4.24. The lowest BCUT2D eigenvalue weighted by Crippen LogP contribution is -2.46. The van der Waals surface area contributed by atoms with Crippen molar-refractivity contribution < 1.29 is 0 Å². The summed E-state index contributed by atoms with van der Waals surface area (Å²) in [5.41, 5.74) is 1.73. The molecule has 0 radical (unpaired) electrons. The van der Waals surface area contributed by atoms with E-state index in [1.165, 1.54) is 38.0 Å². The van der Waals surface area contributed by atoms with Crippen molar-refractivity contribution in [2.24, 2.45) is 5.41 Å². The van der Waals surface area contributed by atoms with E-state index in [0.717, 1.165) is 12.4 Å². The van der Waals surface area contributed by atoms with E-state index >= 15 is 0 Å². The number of aromatic amines is 1. The van der Waals surface area contributed by atoms with E-state index in [-0.39, 0.29) is 0 Å². The molecule has 0 aromatic carbocycles. The molecular formula is C15H20N6. The first kappa shape index (κ1) is 12.8. The van der Waals surface area contributed by atoms with Crippen molar-refractivity contribution in [2.75, 3.05) is 18.4 Å². The molecule has 110 valence electrons.